The number of carbonyl (C=O) groups is 1. The van der Waals surface area contributed by atoms with Crippen molar-refractivity contribution in [1.29, 1.82) is 0 Å². The second kappa shape index (κ2) is 6.28. The van der Waals surface area contributed by atoms with Gasteiger partial charge in [-0.2, -0.15) is 0 Å². The Bertz CT molecular complexity index is 441. The molecule has 0 saturated carbocycles. The first kappa shape index (κ1) is 14.4. The van der Waals surface area contributed by atoms with Gasteiger partial charge in [-0.05, 0) is 50.5 Å². The van der Waals surface area contributed by atoms with Crippen LogP contribution in [0.3, 0.4) is 0 Å². The third-order valence-corrected chi connectivity index (χ3v) is 2.98. The van der Waals surface area contributed by atoms with E-state index < -0.39 is 0 Å². The van der Waals surface area contributed by atoms with Gasteiger partial charge in [-0.3, -0.25) is 4.79 Å². The first-order chi connectivity index (χ1) is 8.51. The van der Waals surface area contributed by atoms with Crippen molar-refractivity contribution in [2.75, 3.05) is 25.6 Å². The van der Waals surface area contributed by atoms with Crippen molar-refractivity contribution in [2.45, 2.75) is 27.7 Å². The van der Waals surface area contributed by atoms with E-state index in [4.69, 9.17) is 9.47 Å². The number of carbonyl (C=O) groups excluding carboxylic acids is 1. The van der Waals surface area contributed by atoms with Gasteiger partial charge in [0.25, 0.3) is 0 Å². The highest BCUT2D eigenvalue weighted by Gasteiger charge is 2.11. The highest BCUT2D eigenvalue weighted by molar-refractivity contribution is 5.76. The molecule has 0 amide bonds. The minimum absolute atomic E-state index is 0.182. The van der Waals surface area contributed by atoms with E-state index in [0.717, 1.165) is 28.1 Å². The molecular formula is C14H21NO3. The molecule has 0 fully saturated rings. The van der Waals surface area contributed by atoms with Gasteiger partial charge in [0.05, 0.1) is 13.7 Å². The quantitative estimate of drug-likeness (QED) is 0.817. The summed E-state index contributed by atoms with van der Waals surface area (Å²) in [4.78, 5) is 11.3. The number of ether oxygens (including phenoxy) is 2. The number of esters is 1. The van der Waals surface area contributed by atoms with Crippen molar-refractivity contribution in [2.24, 2.45) is 0 Å². The maximum absolute atomic E-state index is 11.3. The average molecular weight is 251 g/mol. The van der Waals surface area contributed by atoms with Crippen molar-refractivity contribution in [1.82, 2.24) is 0 Å². The summed E-state index contributed by atoms with van der Waals surface area (Å²) in [6.07, 6.45) is 0. The van der Waals surface area contributed by atoms with Gasteiger partial charge in [-0.1, -0.05) is 0 Å². The van der Waals surface area contributed by atoms with E-state index in [1.165, 1.54) is 0 Å². The van der Waals surface area contributed by atoms with E-state index in [1.807, 2.05) is 26.8 Å². The number of methoxy groups -OCH3 is 1. The molecule has 4 nitrogen and oxygen atoms in total. The Morgan fingerprint density at radius 1 is 1.28 bits per heavy atom. The van der Waals surface area contributed by atoms with Gasteiger partial charge in [-0.25, -0.2) is 0 Å². The van der Waals surface area contributed by atoms with Crippen LogP contribution in [0.4, 0.5) is 5.69 Å². The standard InChI is InChI=1S/C14H21NO3/c1-6-18-13(16)8-15-14-9(2)7-12(17-5)10(3)11(14)4/h7,15H,6,8H2,1-5H3. The van der Waals surface area contributed by atoms with Gasteiger partial charge in [0.15, 0.2) is 0 Å². The number of anilines is 1. The Balaban J connectivity index is 2.90. The summed E-state index contributed by atoms with van der Waals surface area (Å²) in [6, 6.07) is 1.97. The summed E-state index contributed by atoms with van der Waals surface area (Å²) < 4.78 is 10.2. The molecule has 0 spiro atoms. The first-order valence-electron chi connectivity index (χ1n) is 6.05. The Labute approximate surface area is 108 Å². The van der Waals surface area contributed by atoms with Crippen molar-refractivity contribution in [3.63, 3.8) is 0 Å². The predicted octanol–water partition coefficient (Wildman–Crippen LogP) is 2.60. The van der Waals surface area contributed by atoms with E-state index in [2.05, 4.69) is 5.32 Å². The van der Waals surface area contributed by atoms with Gasteiger partial charge >= 0.3 is 5.97 Å². The monoisotopic (exact) mass is 251 g/mol. The lowest BCUT2D eigenvalue weighted by Gasteiger charge is -2.17. The Hall–Kier alpha value is -1.71. The van der Waals surface area contributed by atoms with Gasteiger partial charge in [0.1, 0.15) is 12.3 Å². The zero-order valence-electron chi connectivity index (χ0n) is 11.7. The molecule has 0 unspecified atom stereocenters. The van der Waals surface area contributed by atoms with Crippen LogP contribution in [0.15, 0.2) is 6.07 Å². The number of nitrogens with one attached hydrogen (secondary N) is 1. The molecular weight excluding hydrogens is 230 g/mol. The SMILES string of the molecule is CCOC(=O)CNc1c(C)cc(OC)c(C)c1C. The molecule has 0 radical (unpaired) electrons. The third kappa shape index (κ3) is 3.15. The molecule has 18 heavy (non-hydrogen) atoms. The van der Waals surface area contributed by atoms with E-state index >= 15 is 0 Å². The summed E-state index contributed by atoms with van der Waals surface area (Å²) >= 11 is 0. The minimum atomic E-state index is -0.246. The van der Waals surface area contributed by atoms with Gasteiger partial charge in [-0.15, -0.1) is 0 Å². The molecule has 0 atom stereocenters. The average Bonchev–Trinajstić information content (AvgIpc) is 2.34. The molecule has 100 valence electrons. The van der Waals surface area contributed by atoms with E-state index in [-0.39, 0.29) is 12.5 Å². The number of aryl methyl sites for hydroxylation is 1. The van der Waals surface area contributed by atoms with Crippen molar-refractivity contribution in [3.05, 3.63) is 22.8 Å². The van der Waals surface area contributed by atoms with E-state index in [9.17, 15) is 4.79 Å². The van der Waals surface area contributed by atoms with Crippen LogP contribution in [-0.2, 0) is 9.53 Å². The summed E-state index contributed by atoms with van der Waals surface area (Å²) in [5.74, 6) is 0.622. The summed E-state index contributed by atoms with van der Waals surface area (Å²) in [5, 5.41) is 3.13. The van der Waals surface area contributed by atoms with Gasteiger partial charge in [0.2, 0.25) is 0 Å². The fraction of sp³-hybridized carbons (Fsp3) is 0.500. The Kier molecular flexibility index (Phi) is 5.01. The van der Waals surface area contributed by atoms with Crippen LogP contribution >= 0.6 is 0 Å². The highest BCUT2D eigenvalue weighted by Crippen LogP contribution is 2.30. The molecule has 0 aromatic heterocycles. The molecule has 0 saturated heterocycles. The number of hydrogen-bond donors (Lipinski definition) is 1. The van der Waals surface area contributed by atoms with Crippen molar-refractivity contribution in [3.8, 4) is 5.75 Å². The topological polar surface area (TPSA) is 47.6 Å². The van der Waals surface area contributed by atoms with Gasteiger partial charge < -0.3 is 14.8 Å². The Morgan fingerprint density at radius 3 is 2.50 bits per heavy atom. The van der Waals surface area contributed by atoms with Crippen molar-refractivity contribution < 1.29 is 14.3 Å². The molecule has 0 bridgehead atoms. The minimum Gasteiger partial charge on any atom is -0.496 e. The summed E-state index contributed by atoms with van der Waals surface area (Å²) in [7, 11) is 1.66. The summed E-state index contributed by atoms with van der Waals surface area (Å²) in [6.45, 7) is 8.39. The predicted molar refractivity (Wildman–Crippen MR) is 72.3 cm³/mol. The second-order valence-corrected chi connectivity index (χ2v) is 4.18. The smallest absolute Gasteiger partial charge is 0.325 e. The lowest BCUT2D eigenvalue weighted by atomic mass is 10.0. The van der Waals surface area contributed by atoms with E-state index in [0.29, 0.717) is 6.61 Å². The highest BCUT2D eigenvalue weighted by atomic mass is 16.5. The molecule has 0 heterocycles. The molecule has 1 rings (SSSR count). The largest absolute Gasteiger partial charge is 0.496 e. The molecule has 1 aromatic carbocycles. The lowest BCUT2D eigenvalue weighted by molar-refractivity contribution is -0.140. The van der Waals surface area contributed by atoms with Crippen LogP contribution in [0, 0.1) is 20.8 Å². The molecule has 0 aliphatic carbocycles. The van der Waals surface area contributed by atoms with Crippen LogP contribution in [0.1, 0.15) is 23.6 Å². The van der Waals surface area contributed by atoms with Crippen LogP contribution in [0.2, 0.25) is 0 Å². The normalized spacial score (nSPS) is 10.1. The van der Waals surface area contributed by atoms with Crippen LogP contribution in [0.25, 0.3) is 0 Å². The molecule has 4 heteroatoms. The van der Waals surface area contributed by atoms with E-state index in [1.54, 1.807) is 14.0 Å². The zero-order chi connectivity index (χ0) is 13.7. The van der Waals surface area contributed by atoms with Crippen LogP contribution in [0.5, 0.6) is 5.75 Å². The molecule has 0 aliphatic rings. The zero-order valence-corrected chi connectivity index (χ0v) is 11.7. The summed E-state index contributed by atoms with van der Waals surface area (Å²) in [5.41, 5.74) is 4.20. The number of rotatable bonds is 5. The third-order valence-electron chi connectivity index (χ3n) is 2.98. The van der Waals surface area contributed by atoms with Crippen LogP contribution < -0.4 is 10.1 Å². The van der Waals surface area contributed by atoms with Gasteiger partial charge in [0, 0.05) is 5.69 Å². The lowest BCUT2D eigenvalue weighted by Crippen LogP contribution is -2.18. The number of benzene rings is 1. The van der Waals surface area contributed by atoms with Crippen molar-refractivity contribution >= 4 is 11.7 Å². The fourth-order valence-corrected chi connectivity index (χ4v) is 1.90. The fourth-order valence-electron chi connectivity index (χ4n) is 1.90. The second-order valence-electron chi connectivity index (χ2n) is 4.18. The maximum atomic E-state index is 11.3. The first-order valence-corrected chi connectivity index (χ1v) is 6.05. The Morgan fingerprint density at radius 2 is 1.94 bits per heavy atom. The maximum Gasteiger partial charge on any atom is 0.325 e. The molecule has 1 N–H and O–H groups in total. The number of hydrogen-bond acceptors (Lipinski definition) is 4. The molecule has 0 aliphatic heterocycles. The molecule has 1 aromatic rings. The van der Waals surface area contributed by atoms with Crippen LogP contribution in [-0.4, -0.2) is 26.2 Å².